The summed E-state index contributed by atoms with van der Waals surface area (Å²) in [6.45, 7) is 1.37. The van der Waals surface area contributed by atoms with Crippen LogP contribution < -0.4 is 4.90 Å². The molecule has 4 nitrogen and oxygen atoms in total. The Morgan fingerprint density at radius 3 is 2.71 bits per heavy atom. The second-order valence-corrected chi connectivity index (χ2v) is 5.37. The van der Waals surface area contributed by atoms with Crippen LogP contribution in [0.1, 0.15) is 23.2 Å². The lowest BCUT2D eigenvalue weighted by Gasteiger charge is -2.23. The number of nitrogens with zero attached hydrogens (tertiary/aromatic N) is 2. The Hall–Kier alpha value is -2.54. The zero-order chi connectivity index (χ0) is 14.8. The molecule has 0 saturated heterocycles. The van der Waals surface area contributed by atoms with Gasteiger partial charge in [-0.15, -0.1) is 6.42 Å². The van der Waals surface area contributed by atoms with E-state index in [-0.39, 0.29) is 5.56 Å². The van der Waals surface area contributed by atoms with Gasteiger partial charge in [0, 0.05) is 23.5 Å². The lowest BCUT2D eigenvalue weighted by atomic mass is 10.1. The van der Waals surface area contributed by atoms with Gasteiger partial charge in [0.1, 0.15) is 5.82 Å². The van der Waals surface area contributed by atoms with Gasteiger partial charge in [-0.2, -0.15) is 0 Å². The smallest absolute Gasteiger partial charge is 0.337 e. The Morgan fingerprint density at radius 2 is 2.10 bits per heavy atom. The van der Waals surface area contributed by atoms with Crippen LogP contribution in [-0.2, 0) is 0 Å². The first kappa shape index (κ1) is 13.4. The molecule has 0 amide bonds. The number of benzene rings is 1. The highest BCUT2D eigenvalue weighted by Crippen LogP contribution is 2.33. The zero-order valence-electron chi connectivity index (χ0n) is 11.6. The molecule has 106 valence electrons. The molecule has 4 heteroatoms. The zero-order valence-corrected chi connectivity index (χ0v) is 11.6. The van der Waals surface area contributed by atoms with Crippen molar-refractivity contribution in [2.45, 2.75) is 12.8 Å². The number of carbonyl (C=O) groups is 1. The molecule has 1 aromatic heterocycles. The van der Waals surface area contributed by atoms with Gasteiger partial charge >= 0.3 is 5.97 Å². The molecule has 1 aliphatic rings. The Morgan fingerprint density at radius 1 is 1.38 bits per heavy atom. The van der Waals surface area contributed by atoms with Gasteiger partial charge < -0.3 is 10.0 Å². The molecule has 0 radical (unpaired) electrons. The summed E-state index contributed by atoms with van der Waals surface area (Å²) in [4.78, 5) is 17.8. The van der Waals surface area contributed by atoms with Crippen molar-refractivity contribution >= 4 is 22.6 Å². The minimum Gasteiger partial charge on any atom is -0.478 e. The van der Waals surface area contributed by atoms with Gasteiger partial charge in [-0.3, -0.25) is 0 Å². The lowest BCUT2D eigenvalue weighted by molar-refractivity contribution is 0.0698. The average molecular weight is 280 g/mol. The summed E-state index contributed by atoms with van der Waals surface area (Å²) in [6, 6.07) is 7.45. The predicted octanol–water partition coefficient (Wildman–Crippen LogP) is 2.78. The number of terminal acetylenes is 1. The van der Waals surface area contributed by atoms with Crippen molar-refractivity contribution in [3.8, 4) is 12.3 Å². The van der Waals surface area contributed by atoms with E-state index >= 15 is 0 Å². The maximum Gasteiger partial charge on any atom is 0.337 e. The van der Waals surface area contributed by atoms with Crippen LogP contribution in [-0.4, -0.2) is 29.1 Å². The van der Waals surface area contributed by atoms with Crippen molar-refractivity contribution < 1.29 is 9.90 Å². The molecule has 1 fully saturated rings. The minimum absolute atomic E-state index is 0.224. The van der Waals surface area contributed by atoms with Gasteiger partial charge in [0.2, 0.25) is 0 Å². The fraction of sp³-hybridized carbons (Fsp3) is 0.294. The first-order valence-electron chi connectivity index (χ1n) is 7.00. The fourth-order valence-corrected chi connectivity index (χ4v) is 2.55. The molecule has 2 aromatic rings. The summed E-state index contributed by atoms with van der Waals surface area (Å²) >= 11 is 0. The molecule has 3 rings (SSSR count). The largest absolute Gasteiger partial charge is 0.478 e. The van der Waals surface area contributed by atoms with E-state index in [0.717, 1.165) is 17.7 Å². The molecular weight excluding hydrogens is 264 g/mol. The number of pyridine rings is 1. The number of anilines is 1. The second-order valence-electron chi connectivity index (χ2n) is 5.37. The first-order valence-corrected chi connectivity index (χ1v) is 7.00. The van der Waals surface area contributed by atoms with Crippen molar-refractivity contribution in [2.24, 2.45) is 5.92 Å². The number of carboxylic acid groups (broad SMARTS) is 1. The SMILES string of the molecule is C#CCN(CC1CC1)c1ncc(C(=O)O)c2ccccc12. The summed E-state index contributed by atoms with van der Waals surface area (Å²) in [5.41, 5.74) is 0.224. The third-order valence-electron chi connectivity index (χ3n) is 3.76. The molecule has 0 spiro atoms. The van der Waals surface area contributed by atoms with Gasteiger partial charge in [0.05, 0.1) is 12.1 Å². The summed E-state index contributed by atoms with van der Waals surface area (Å²) in [7, 11) is 0. The number of hydrogen-bond acceptors (Lipinski definition) is 3. The number of rotatable bonds is 5. The Labute approximate surface area is 123 Å². The summed E-state index contributed by atoms with van der Waals surface area (Å²) in [5, 5.41) is 10.8. The third kappa shape index (κ3) is 2.68. The van der Waals surface area contributed by atoms with Crippen LogP contribution in [0.4, 0.5) is 5.82 Å². The summed E-state index contributed by atoms with van der Waals surface area (Å²) < 4.78 is 0. The number of fused-ring (bicyclic) bond motifs is 1. The standard InChI is InChI=1S/C17H16N2O2/c1-2-9-19(11-12-7-8-12)16-14-6-4-3-5-13(14)15(10-18-16)17(20)21/h1,3-6,10,12H,7-9,11H2,(H,20,21). The van der Waals surface area contributed by atoms with E-state index in [0.29, 0.717) is 17.8 Å². The number of hydrogen-bond donors (Lipinski definition) is 1. The Kier molecular flexibility index (Phi) is 3.49. The van der Waals surface area contributed by atoms with Crippen LogP contribution in [0.25, 0.3) is 10.8 Å². The predicted molar refractivity (Wildman–Crippen MR) is 82.5 cm³/mol. The molecule has 0 aliphatic heterocycles. The maximum absolute atomic E-state index is 11.3. The monoisotopic (exact) mass is 280 g/mol. The van der Waals surface area contributed by atoms with Crippen molar-refractivity contribution in [3.05, 3.63) is 36.0 Å². The van der Waals surface area contributed by atoms with Crippen LogP contribution in [0.2, 0.25) is 0 Å². The Bertz CT molecular complexity index is 729. The number of carboxylic acids is 1. The molecular formula is C17H16N2O2. The van der Waals surface area contributed by atoms with E-state index in [4.69, 9.17) is 6.42 Å². The quantitative estimate of drug-likeness (QED) is 0.856. The van der Waals surface area contributed by atoms with Crippen molar-refractivity contribution in [1.82, 2.24) is 4.98 Å². The highest BCUT2D eigenvalue weighted by atomic mass is 16.4. The van der Waals surface area contributed by atoms with E-state index < -0.39 is 5.97 Å². The van der Waals surface area contributed by atoms with E-state index in [1.54, 1.807) is 0 Å². The normalized spacial score (nSPS) is 13.9. The summed E-state index contributed by atoms with van der Waals surface area (Å²) in [5.74, 6) is 3.17. The van der Waals surface area contributed by atoms with Crippen LogP contribution in [0.5, 0.6) is 0 Å². The van der Waals surface area contributed by atoms with Gasteiger partial charge in [-0.25, -0.2) is 9.78 Å². The molecule has 0 unspecified atom stereocenters. The molecule has 0 bridgehead atoms. The van der Waals surface area contributed by atoms with Crippen LogP contribution in [0.3, 0.4) is 0 Å². The highest BCUT2D eigenvalue weighted by molar-refractivity contribution is 6.06. The van der Waals surface area contributed by atoms with E-state index in [1.165, 1.54) is 19.0 Å². The van der Waals surface area contributed by atoms with Gasteiger partial charge in [0.25, 0.3) is 0 Å². The molecule has 1 aliphatic carbocycles. The molecule has 0 atom stereocenters. The van der Waals surface area contributed by atoms with E-state index in [1.807, 2.05) is 24.3 Å². The first-order chi connectivity index (χ1) is 10.2. The van der Waals surface area contributed by atoms with Crippen LogP contribution in [0, 0.1) is 18.3 Å². The second kappa shape index (κ2) is 5.45. The van der Waals surface area contributed by atoms with Crippen molar-refractivity contribution in [3.63, 3.8) is 0 Å². The minimum atomic E-state index is -0.962. The average Bonchev–Trinajstić information content (AvgIpc) is 3.29. The molecule has 1 aromatic carbocycles. The summed E-state index contributed by atoms with van der Waals surface area (Å²) in [6.07, 6.45) is 9.36. The fourth-order valence-electron chi connectivity index (χ4n) is 2.55. The van der Waals surface area contributed by atoms with Gasteiger partial charge in [-0.05, 0) is 18.8 Å². The van der Waals surface area contributed by atoms with Gasteiger partial charge in [-0.1, -0.05) is 30.2 Å². The topological polar surface area (TPSA) is 53.4 Å². The van der Waals surface area contributed by atoms with E-state index in [9.17, 15) is 9.90 Å². The van der Waals surface area contributed by atoms with E-state index in [2.05, 4.69) is 15.8 Å². The van der Waals surface area contributed by atoms with Gasteiger partial charge in [0.15, 0.2) is 0 Å². The molecule has 1 saturated carbocycles. The number of aromatic carboxylic acids is 1. The molecule has 21 heavy (non-hydrogen) atoms. The van der Waals surface area contributed by atoms with Crippen molar-refractivity contribution in [1.29, 1.82) is 0 Å². The molecule has 1 heterocycles. The lowest BCUT2D eigenvalue weighted by Crippen LogP contribution is -2.27. The van der Waals surface area contributed by atoms with Crippen LogP contribution in [0.15, 0.2) is 30.5 Å². The maximum atomic E-state index is 11.3. The van der Waals surface area contributed by atoms with Crippen molar-refractivity contribution in [2.75, 3.05) is 18.0 Å². The third-order valence-corrected chi connectivity index (χ3v) is 3.76. The Balaban J connectivity index is 2.11. The van der Waals surface area contributed by atoms with Crippen LogP contribution >= 0.6 is 0 Å². The number of aromatic nitrogens is 1. The highest BCUT2D eigenvalue weighted by Gasteiger charge is 2.26. The molecule has 1 N–H and O–H groups in total.